The summed E-state index contributed by atoms with van der Waals surface area (Å²) in [6, 6.07) is 23.6. The van der Waals surface area contributed by atoms with Crippen LogP contribution in [0.5, 0.6) is 0 Å². The number of rotatable bonds is 6. The van der Waals surface area contributed by atoms with E-state index in [4.69, 9.17) is 0 Å². The van der Waals surface area contributed by atoms with E-state index in [9.17, 15) is 14.9 Å². The van der Waals surface area contributed by atoms with Gasteiger partial charge in [-0.05, 0) is 16.7 Å². The molecule has 0 spiro atoms. The van der Waals surface area contributed by atoms with Crippen molar-refractivity contribution in [1.29, 1.82) is 0 Å². The van der Waals surface area contributed by atoms with Gasteiger partial charge in [-0.3, -0.25) is 14.9 Å². The number of nitro benzene ring substituents is 1. The lowest BCUT2D eigenvalue weighted by molar-refractivity contribution is -0.384. The zero-order valence-electron chi connectivity index (χ0n) is 14.1. The lowest BCUT2D eigenvalue weighted by atomic mass is 9.99. The highest BCUT2D eigenvalue weighted by atomic mass is 79.9. The highest BCUT2D eigenvalue weighted by Crippen LogP contribution is 2.34. The average molecular weight is 489 g/mol. The van der Waals surface area contributed by atoms with Crippen LogP contribution in [-0.4, -0.2) is 15.5 Å². The summed E-state index contributed by atoms with van der Waals surface area (Å²) in [7, 11) is 0. The van der Waals surface area contributed by atoms with E-state index in [2.05, 4.69) is 31.9 Å². The van der Waals surface area contributed by atoms with Gasteiger partial charge in [0.1, 0.15) is 0 Å². The summed E-state index contributed by atoms with van der Waals surface area (Å²) in [4.78, 5) is 22.3. The largest absolute Gasteiger partial charge is 0.293 e. The zero-order chi connectivity index (χ0) is 19.4. The highest BCUT2D eigenvalue weighted by Gasteiger charge is 2.26. The van der Waals surface area contributed by atoms with Gasteiger partial charge in [0.25, 0.3) is 5.69 Å². The predicted octanol–water partition coefficient (Wildman–Crippen LogP) is 6.34. The zero-order valence-corrected chi connectivity index (χ0v) is 17.3. The Morgan fingerprint density at radius 3 is 1.93 bits per heavy atom. The van der Waals surface area contributed by atoms with E-state index < -0.39 is 9.75 Å². The molecule has 4 nitrogen and oxygen atoms in total. The lowest BCUT2D eigenvalue weighted by Gasteiger charge is -2.16. The monoisotopic (exact) mass is 487 g/mol. The van der Waals surface area contributed by atoms with Crippen molar-refractivity contribution in [3.8, 4) is 11.1 Å². The summed E-state index contributed by atoms with van der Waals surface area (Å²) in [5, 5.41) is 10.8. The van der Waals surface area contributed by atoms with Gasteiger partial charge in [-0.15, -0.1) is 0 Å². The first kappa shape index (κ1) is 19.5. The summed E-state index contributed by atoms with van der Waals surface area (Å²) < 4.78 is 0. The van der Waals surface area contributed by atoms with Crippen molar-refractivity contribution in [3.63, 3.8) is 0 Å². The Kier molecular flexibility index (Phi) is 6.19. The molecule has 0 bridgehead atoms. The van der Waals surface area contributed by atoms with Crippen molar-refractivity contribution in [2.45, 2.75) is 9.65 Å². The molecule has 0 radical (unpaired) electrons. The second kappa shape index (κ2) is 8.59. The minimum atomic E-state index is -0.499. The third-order valence-corrected chi connectivity index (χ3v) is 6.92. The number of non-ortho nitro benzene ring substituents is 1. The topological polar surface area (TPSA) is 60.2 Å². The minimum absolute atomic E-state index is 0.0207. The maximum absolute atomic E-state index is 12.8. The van der Waals surface area contributed by atoms with Crippen LogP contribution >= 0.6 is 31.9 Å². The van der Waals surface area contributed by atoms with Crippen molar-refractivity contribution in [1.82, 2.24) is 0 Å². The maximum Gasteiger partial charge on any atom is 0.269 e. The fraction of sp³-hybridized carbons (Fsp3) is 0.0952. The van der Waals surface area contributed by atoms with Crippen molar-refractivity contribution in [2.24, 2.45) is 0 Å². The third kappa shape index (κ3) is 4.51. The molecule has 136 valence electrons. The van der Waals surface area contributed by atoms with E-state index in [1.54, 1.807) is 12.1 Å². The normalized spacial score (nSPS) is 13.0. The number of halogens is 2. The summed E-state index contributed by atoms with van der Waals surface area (Å²) in [6.45, 7) is 0. The third-order valence-electron chi connectivity index (χ3n) is 4.21. The summed E-state index contributed by atoms with van der Waals surface area (Å²) >= 11 is 6.99. The van der Waals surface area contributed by atoms with Crippen LogP contribution in [0.4, 0.5) is 5.69 Å². The lowest BCUT2D eigenvalue weighted by Crippen LogP contribution is -2.19. The van der Waals surface area contributed by atoms with Gasteiger partial charge >= 0.3 is 0 Å². The van der Waals surface area contributed by atoms with E-state index in [1.165, 1.54) is 12.1 Å². The summed E-state index contributed by atoms with van der Waals surface area (Å²) in [5.74, 6) is -0.0603. The summed E-state index contributed by atoms with van der Waals surface area (Å²) in [5.41, 5.74) is 3.55. The molecule has 3 aromatic rings. The van der Waals surface area contributed by atoms with E-state index in [-0.39, 0.29) is 16.3 Å². The van der Waals surface area contributed by atoms with Gasteiger partial charge in [0.15, 0.2) is 5.78 Å². The van der Waals surface area contributed by atoms with E-state index in [0.717, 1.165) is 16.7 Å². The van der Waals surface area contributed by atoms with Crippen molar-refractivity contribution < 1.29 is 9.72 Å². The van der Waals surface area contributed by atoms with Crippen LogP contribution in [0, 0.1) is 10.1 Å². The number of carbonyl (C=O) groups excluding carboxylic acids is 1. The minimum Gasteiger partial charge on any atom is -0.293 e. The number of carbonyl (C=O) groups is 1. The molecule has 27 heavy (non-hydrogen) atoms. The Morgan fingerprint density at radius 2 is 1.37 bits per heavy atom. The molecule has 3 aromatic carbocycles. The SMILES string of the molecule is O=C(c1ccc(-c2ccccc2)cc1)[C@@H](Br)[C@@H](Br)c1ccc([N+](=O)[O-])cc1. The molecule has 0 aliphatic heterocycles. The fourth-order valence-corrected chi connectivity index (χ4v) is 3.81. The van der Waals surface area contributed by atoms with Crippen molar-refractivity contribution in [3.05, 3.63) is 100 Å². The van der Waals surface area contributed by atoms with E-state index >= 15 is 0 Å². The first-order valence-corrected chi connectivity index (χ1v) is 10.0. The molecule has 0 unspecified atom stereocenters. The Morgan fingerprint density at radius 1 is 0.815 bits per heavy atom. The van der Waals surface area contributed by atoms with Crippen LogP contribution in [-0.2, 0) is 0 Å². The number of nitrogens with zero attached hydrogens (tertiary/aromatic N) is 1. The molecule has 0 saturated carbocycles. The first-order valence-electron chi connectivity index (χ1n) is 8.19. The first-order chi connectivity index (χ1) is 13.0. The molecule has 0 fully saturated rings. The number of hydrogen-bond donors (Lipinski definition) is 0. The molecule has 0 amide bonds. The Labute approximate surface area is 173 Å². The van der Waals surface area contributed by atoms with Crippen molar-refractivity contribution in [2.75, 3.05) is 0 Å². The number of nitro groups is 1. The number of alkyl halides is 2. The second-order valence-electron chi connectivity index (χ2n) is 5.96. The Bertz CT molecular complexity index is 941. The molecular weight excluding hydrogens is 474 g/mol. The van der Waals surface area contributed by atoms with Gasteiger partial charge < -0.3 is 0 Å². The molecule has 6 heteroatoms. The number of benzene rings is 3. The smallest absolute Gasteiger partial charge is 0.269 e. The molecule has 0 aromatic heterocycles. The number of hydrogen-bond acceptors (Lipinski definition) is 3. The van der Waals surface area contributed by atoms with Crippen LogP contribution in [0.1, 0.15) is 20.7 Å². The van der Waals surface area contributed by atoms with E-state index in [0.29, 0.717) is 5.56 Å². The summed E-state index contributed by atoms with van der Waals surface area (Å²) in [6.07, 6.45) is 0. The van der Waals surface area contributed by atoms with Gasteiger partial charge in [-0.1, -0.05) is 98.6 Å². The average Bonchev–Trinajstić information content (AvgIpc) is 2.73. The van der Waals surface area contributed by atoms with Crippen molar-refractivity contribution >= 4 is 43.3 Å². The van der Waals surface area contributed by atoms with Crippen LogP contribution in [0.3, 0.4) is 0 Å². The van der Waals surface area contributed by atoms with Crippen LogP contribution in [0.2, 0.25) is 0 Å². The molecule has 0 saturated heterocycles. The second-order valence-corrected chi connectivity index (χ2v) is 7.93. The Balaban J connectivity index is 1.75. The number of Topliss-reactive ketones (excluding diaryl/α,β-unsaturated/α-hetero) is 1. The highest BCUT2D eigenvalue weighted by molar-refractivity contribution is 9.12. The molecule has 3 rings (SSSR count). The van der Waals surface area contributed by atoms with Gasteiger partial charge in [0.2, 0.25) is 0 Å². The molecule has 0 aliphatic carbocycles. The van der Waals surface area contributed by atoms with Crippen LogP contribution in [0.25, 0.3) is 11.1 Å². The molecule has 2 atom stereocenters. The van der Waals surface area contributed by atoms with Crippen LogP contribution < -0.4 is 0 Å². The van der Waals surface area contributed by atoms with Gasteiger partial charge in [-0.2, -0.15) is 0 Å². The Hall–Kier alpha value is -2.31. The van der Waals surface area contributed by atoms with Gasteiger partial charge in [0.05, 0.1) is 14.6 Å². The molecule has 0 heterocycles. The van der Waals surface area contributed by atoms with Gasteiger partial charge in [-0.25, -0.2) is 0 Å². The number of ketones is 1. The maximum atomic E-state index is 12.8. The predicted molar refractivity (Wildman–Crippen MR) is 114 cm³/mol. The molecule has 0 aliphatic rings. The van der Waals surface area contributed by atoms with Gasteiger partial charge in [0, 0.05) is 17.7 Å². The standard InChI is InChI=1S/C21H15Br2NO3/c22-19(16-10-12-18(13-11-16)24(26)27)20(23)21(25)17-8-6-15(7-9-17)14-4-2-1-3-5-14/h1-13,19-20H/t19-,20-/m0/s1. The fourth-order valence-electron chi connectivity index (χ4n) is 2.70. The molecular formula is C21H15Br2NO3. The van der Waals surface area contributed by atoms with Crippen LogP contribution in [0.15, 0.2) is 78.9 Å². The van der Waals surface area contributed by atoms with E-state index in [1.807, 2.05) is 54.6 Å². The molecule has 0 N–H and O–H groups in total. The quantitative estimate of drug-likeness (QED) is 0.176.